The van der Waals surface area contributed by atoms with Crippen LogP contribution in [0.1, 0.15) is 25.0 Å². The molecule has 2 heterocycles. The molecule has 0 saturated carbocycles. The number of nitrogens with zero attached hydrogens (tertiary/aromatic N) is 10. The van der Waals surface area contributed by atoms with E-state index in [1.807, 2.05) is 187 Å². The van der Waals surface area contributed by atoms with E-state index in [1.54, 1.807) is 38.1 Å². The molecule has 1 aliphatic heterocycles. The number of hydrogen-bond donors (Lipinski definition) is 1. The molecule has 0 unspecified atom stereocenters. The third-order valence-corrected chi connectivity index (χ3v) is 11.7. The largest absolute Gasteiger partial charge is 0.497 e. The van der Waals surface area contributed by atoms with E-state index in [1.165, 1.54) is 30.0 Å². The maximum Gasteiger partial charge on any atom is 0.182 e. The zero-order valence-corrected chi connectivity index (χ0v) is 46.3. The maximum atomic E-state index is 8.09. The van der Waals surface area contributed by atoms with Crippen LogP contribution in [0.25, 0.3) is 59.7 Å². The molecule has 17 heteroatoms. The normalized spacial score (nSPS) is 10.6. The van der Waals surface area contributed by atoms with Crippen molar-refractivity contribution in [3.63, 3.8) is 0 Å². The summed E-state index contributed by atoms with van der Waals surface area (Å²) in [6.07, 6.45) is 9.05. The number of methoxy groups -OCH3 is 3. The second-order valence-corrected chi connectivity index (χ2v) is 17.1. The Bertz CT molecular complexity index is 3790. The van der Waals surface area contributed by atoms with Crippen LogP contribution in [0.5, 0.6) is 34.5 Å². The lowest BCUT2D eigenvalue weighted by molar-refractivity contribution is 0.0805. The molecule has 0 aliphatic carbocycles. The van der Waals surface area contributed by atoms with Gasteiger partial charge in [0, 0.05) is 48.7 Å². The molecule has 0 bridgehead atoms. The molecular formula is C65H61N11O6. The van der Waals surface area contributed by atoms with Crippen LogP contribution < -0.4 is 34.0 Å². The van der Waals surface area contributed by atoms with Gasteiger partial charge in [0.1, 0.15) is 40.2 Å². The lowest BCUT2D eigenvalue weighted by atomic mass is 10.1. The van der Waals surface area contributed by atoms with Gasteiger partial charge in [0.25, 0.3) is 0 Å². The van der Waals surface area contributed by atoms with E-state index >= 15 is 0 Å². The fourth-order valence-electron chi connectivity index (χ4n) is 7.73. The quantitative estimate of drug-likeness (QED) is 0.0467. The number of rotatable bonds is 14. The Morgan fingerprint density at radius 2 is 0.951 bits per heavy atom. The second kappa shape index (κ2) is 32.6. The van der Waals surface area contributed by atoms with Crippen LogP contribution in [0.2, 0.25) is 0 Å². The third kappa shape index (κ3) is 18.5. The molecule has 412 valence electrons. The topological polar surface area (TPSA) is 201 Å². The van der Waals surface area contributed by atoms with Crippen molar-refractivity contribution < 1.29 is 28.4 Å². The molecule has 9 aromatic carbocycles. The first-order valence-corrected chi connectivity index (χ1v) is 25.4. The van der Waals surface area contributed by atoms with Crippen molar-refractivity contribution >= 4 is 38.0 Å². The van der Waals surface area contributed by atoms with E-state index in [0.29, 0.717) is 19.2 Å². The third-order valence-electron chi connectivity index (χ3n) is 11.7. The lowest BCUT2D eigenvalue weighted by Crippen LogP contribution is -2.39. The van der Waals surface area contributed by atoms with Gasteiger partial charge in [-0.2, -0.15) is 10.5 Å². The van der Waals surface area contributed by atoms with Crippen molar-refractivity contribution in [1.29, 1.82) is 10.5 Å². The minimum Gasteiger partial charge on any atom is -0.497 e. The van der Waals surface area contributed by atoms with E-state index < -0.39 is 0 Å². The fourth-order valence-corrected chi connectivity index (χ4v) is 7.73. The molecule has 17 nitrogen and oxygen atoms in total. The minimum absolute atomic E-state index is 0.0227. The highest BCUT2D eigenvalue weighted by Gasteiger charge is 2.19. The van der Waals surface area contributed by atoms with Crippen molar-refractivity contribution in [3.8, 4) is 70.2 Å². The number of fused-ring (bicyclic) bond motifs is 3. The fraction of sp³-hybridized carbons (Fsp3) is 0.138. The van der Waals surface area contributed by atoms with E-state index in [-0.39, 0.29) is 6.73 Å². The highest BCUT2D eigenvalue weighted by atomic mass is 16.5. The number of hydrogen-bond acceptors (Lipinski definition) is 14. The van der Waals surface area contributed by atoms with Crippen LogP contribution >= 0.6 is 0 Å². The number of ether oxygens (including phenoxy) is 6. The van der Waals surface area contributed by atoms with E-state index in [0.717, 1.165) is 73.0 Å². The number of hydrazine groups is 2. The van der Waals surface area contributed by atoms with Crippen molar-refractivity contribution in [2.24, 2.45) is 5.11 Å². The second-order valence-electron chi connectivity index (χ2n) is 17.1. The number of azide groups is 1. The summed E-state index contributed by atoms with van der Waals surface area (Å²) in [5.74, 6) is 7.38. The molecule has 1 aromatic heterocycles. The first-order chi connectivity index (χ1) is 40.1. The van der Waals surface area contributed by atoms with E-state index in [2.05, 4.69) is 74.3 Å². The number of nitriles is 2. The van der Waals surface area contributed by atoms with Crippen molar-refractivity contribution in [1.82, 2.24) is 30.5 Å². The van der Waals surface area contributed by atoms with Crippen LogP contribution in [0.3, 0.4) is 0 Å². The summed E-state index contributed by atoms with van der Waals surface area (Å²) in [4.78, 5) is 2.61. The van der Waals surface area contributed by atoms with Crippen molar-refractivity contribution in [2.45, 2.75) is 20.6 Å². The summed E-state index contributed by atoms with van der Waals surface area (Å²) in [6.45, 7) is 3.60. The molecule has 1 aliphatic rings. The molecule has 82 heavy (non-hydrogen) atoms. The maximum absolute atomic E-state index is 8.09. The Morgan fingerprint density at radius 1 is 0.549 bits per heavy atom. The summed E-state index contributed by atoms with van der Waals surface area (Å²) >= 11 is 0. The van der Waals surface area contributed by atoms with Crippen LogP contribution in [0, 0.1) is 35.0 Å². The van der Waals surface area contributed by atoms with E-state index in [4.69, 9.17) is 50.9 Å². The Labute approximate surface area is 477 Å². The Morgan fingerprint density at radius 3 is 1.39 bits per heavy atom. The van der Waals surface area contributed by atoms with Gasteiger partial charge in [-0.25, -0.2) is 4.68 Å². The summed E-state index contributed by atoms with van der Waals surface area (Å²) in [5, 5.41) is 37.1. The summed E-state index contributed by atoms with van der Waals surface area (Å²) in [5.41, 5.74) is 16.2. The van der Waals surface area contributed by atoms with Crippen LogP contribution in [-0.4, -0.2) is 66.9 Å². The predicted molar refractivity (Wildman–Crippen MR) is 322 cm³/mol. The molecular weight excluding hydrogens is 1030 g/mol. The average Bonchev–Trinajstić information content (AvgIpc) is 4.21. The first-order valence-electron chi connectivity index (χ1n) is 25.4. The van der Waals surface area contributed by atoms with Gasteiger partial charge in [0.2, 0.25) is 0 Å². The number of nitrogens with one attached hydrogen (secondary N) is 1. The Hall–Kier alpha value is -11.2. The number of benzene rings is 9. The summed E-state index contributed by atoms with van der Waals surface area (Å²) < 4.78 is 34.0. The van der Waals surface area contributed by atoms with Gasteiger partial charge in [-0.05, 0) is 147 Å². The molecule has 0 radical (unpaired) electrons. The van der Waals surface area contributed by atoms with Gasteiger partial charge < -0.3 is 28.4 Å². The Balaban J connectivity index is 0.000000179. The van der Waals surface area contributed by atoms with Crippen molar-refractivity contribution in [3.05, 3.63) is 234 Å². The SMILES string of the molecule is C#Cc1ccc(OC)cc1.CC#N.CC#N.COc1ccc(-c2cn(COc3ccc4ccccc4c3)nn2)cc1.COc1ccc(C2=CN(COc3ccc4ccccc4c3)NN2C)cc1.[N-]=[N+]=NCOc1ccc2ccccc2c1. The molecule has 10 aromatic rings. The number of terminal acetylenes is 1. The van der Waals surface area contributed by atoms with Gasteiger partial charge in [-0.15, -0.1) is 17.1 Å². The first kappa shape index (κ1) is 60.1. The minimum atomic E-state index is 0.0227. The van der Waals surface area contributed by atoms with Gasteiger partial charge in [0.05, 0.1) is 45.4 Å². The standard InChI is InChI=1S/C21H21N3O2.C20H17N3O2.C11H9N3O.C9H8O.2C2H3N/c1-23-21(17-8-10-19(25-2)11-9-17)14-24(22-23)15-26-20-12-7-16-5-3-4-6-18(16)13-20;1-24-18-9-7-16(8-10-18)20-13-23(22-21-20)14-25-19-11-6-15-4-2-3-5-17(15)12-19;12-14-13-8-15-11-6-5-9-3-1-2-4-10(9)7-11;1-3-8-4-6-9(10-2)7-5-8;2*1-2-3/h3-14,22H,15H2,1-2H3;2-13H,14H2,1H3;1-7H,8H2;1,4-7H,2H3;2*1H3. The van der Waals surface area contributed by atoms with Gasteiger partial charge in [0.15, 0.2) is 20.2 Å². The molecule has 11 rings (SSSR count). The van der Waals surface area contributed by atoms with Gasteiger partial charge >= 0.3 is 0 Å². The summed E-state index contributed by atoms with van der Waals surface area (Å²) in [7, 11) is 6.93. The van der Waals surface area contributed by atoms with E-state index in [9.17, 15) is 0 Å². The molecule has 0 spiro atoms. The monoisotopic (exact) mass is 1090 g/mol. The highest BCUT2D eigenvalue weighted by molar-refractivity contribution is 5.85. The highest BCUT2D eigenvalue weighted by Crippen LogP contribution is 2.27. The molecule has 0 amide bonds. The van der Waals surface area contributed by atoms with Crippen LogP contribution in [-0.2, 0) is 6.73 Å². The molecule has 0 fully saturated rings. The zero-order chi connectivity index (χ0) is 58.3. The molecule has 0 atom stereocenters. The smallest absolute Gasteiger partial charge is 0.182 e. The lowest BCUT2D eigenvalue weighted by Gasteiger charge is -2.21. The zero-order valence-electron chi connectivity index (χ0n) is 46.3. The Kier molecular flexibility index (Phi) is 23.9. The predicted octanol–water partition coefficient (Wildman–Crippen LogP) is 14.2. The molecule has 1 N–H and O–H groups in total. The van der Waals surface area contributed by atoms with Crippen molar-refractivity contribution in [2.75, 3.05) is 41.8 Å². The van der Waals surface area contributed by atoms with Crippen LogP contribution in [0.15, 0.2) is 218 Å². The molecule has 0 saturated heterocycles. The summed E-state index contributed by atoms with van der Waals surface area (Å²) in [6, 6.07) is 69.0. The van der Waals surface area contributed by atoms with Crippen LogP contribution in [0.4, 0.5) is 0 Å². The van der Waals surface area contributed by atoms with Gasteiger partial charge in [-0.3, -0.25) is 10.0 Å². The van der Waals surface area contributed by atoms with Gasteiger partial charge in [-0.1, -0.05) is 107 Å². The average molecular weight is 1090 g/mol. The number of aromatic nitrogens is 3.